The highest BCUT2D eigenvalue weighted by Crippen LogP contribution is 2.39. The van der Waals surface area contributed by atoms with Gasteiger partial charge >= 0.3 is 0 Å². The van der Waals surface area contributed by atoms with Crippen LogP contribution in [-0.2, 0) is 0 Å². The van der Waals surface area contributed by atoms with Gasteiger partial charge in [0.05, 0.1) is 33.7 Å². The Kier molecular flexibility index (Phi) is 8.27. The fourth-order valence-corrected chi connectivity index (χ4v) is 8.74. The smallest absolute Gasteiger partial charge is 0.179 e. The van der Waals surface area contributed by atoms with E-state index in [1.165, 1.54) is 10.8 Å². The van der Waals surface area contributed by atoms with E-state index in [2.05, 4.69) is 147 Å². The van der Waals surface area contributed by atoms with Gasteiger partial charge in [0.25, 0.3) is 0 Å². The van der Waals surface area contributed by atoms with Crippen LogP contribution >= 0.6 is 0 Å². The lowest BCUT2D eigenvalue weighted by Gasteiger charge is -2.13. The first kappa shape index (κ1) is 34.6. The SMILES string of the molecule is N#Cc1cc(-c2ccc3c(c2)c2cc(-c4nc(-c5ccccc5)nc(-c5ccccc5)n4)ccc2n3-c2cccc[c]2[Al])cc(-n2c3ccccc3c3ccccc32)c1. The Labute approximate surface area is 348 Å². The third kappa shape index (κ3) is 5.90. The van der Waals surface area contributed by atoms with Crippen molar-refractivity contribution in [2.75, 3.05) is 0 Å². The number of para-hydroxylation sites is 3. The summed E-state index contributed by atoms with van der Waals surface area (Å²) in [6.45, 7) is 0. The molecule has 0 atom stereocenters. The highest BCUT2D eigenvalue weighted by Gasteiger charge is 2.19. The second-order valence-corrected chi connectivity index (χ2v) is 15.3. The van der Waals surface area contributed by atoms with Crippen LogP contribution in [0.1, 0.15) is 5.56 Å². The van der Waals surface area contributed by atoms with Crippen LogP contribution in [0.3, 0.4) is 0 Å². The van der Waals surface area contributed by atoms with E-state index in [-0.39, 0.29) is 0 Å². The fourth-order valence-electron chi connectivity index (χ4n) is 8.40. The molecule has 11 aromatic rings. The van der Waals surface area contributed by atoms with Gasteiger partial charge in [-0.25, -0.2) is 15.0 Å². The van der Waals surface area contributed by atoms with E-state index < -0.39 is 0 Å². The summed E-state index contributed by atoms with van der Waals surface area (Å²) >= 11 is 2.91. The molecule has 8 aromatic carbocycles. The average Bonchev–Trinajstić information content (AvgIpc) is 3.81. The van der Waals surface area contributed by atoms with Crippen LogP contribution in [0.4, 0.5) is 0 Å². The Bertz CT molecular complexity index is 3360. The Morgan fingerprint density at radius 1 is 0.390 bits per heavy atom. The summed E-state index contributed by atoms with van der Waals surface area (Å²) in [5.74, 6) is 1.83. The molecule has 0 aliphatic carbocycles. The number of nitrogens with zero attached hydrogens (tertiary/aromatic N) is 6. The summed E-state index contributed by atoms with van der Waals surface area (Å²) in [5, 5.41) is 14.9. The average molecular weight is 767 g/mol. The molecule has 0 fully saturated rings. The summed E-state index contributed by atoms with van der Waals surface area (Å²) in [6, 6.07) is 67.2. The lowest BCUT2D eigenvalue weighted by Crippen LogP contribution is -2.11. The first-order valence-corrected chi connectivity index (χ1v) is 20.0. The topological polar surface area (TPSA) is 72.3 Å². The van der Waals surface area contributed by atoms with Crippen molar-refractivity contribution >= 4 is 64.3 Å². The molecule has 59 heavy (non-hydrogen) atoms. The Morgan fingerprint density at radius 2 is 0.881 bits per heavy atom. The van der Waals surface area contributed by atoms with Crippen molar-refractivity contribution in [2.24, 2.45) is 0 Å². The van der Waals surface area contributed by atoms with Crippen molar-refractivity contribution in [3.05, 3.63) is 194 Å². The predicted octanol–water partition coefficient (Wildman–Crippen LogP) is 11.4. The molecule has 0 aliphatic heterocycles. The molecule has 0 saturated carbocycles. The van der Waals surface area contributed by atoms with Gasteiger partial charge < -0.3 is 9.13 Å². The molecule has 0 unspecified atom stereocenters. The molecule has 11 rings (SSSR count). The van der Waals surface area contributed by atoms with Gasteiger partial charge in [-0.1, -0.05) is 121 Å². The molecule has 0 amide bonds. The summed E-state index contributed by atoms with van der Waals surface area (Å²) in [6.07, 6.45) is 0. The van der Waals surface area contributed by atoms with Crippen molar-refractivity contribution in [1.29, 1.82) is 5.26 Å². The molecule has 0 bridgehead atoms. The molecular weight excluding hydrogens is 736 g/mol. The monoisotopic (exact) mass is 766 g/mol. The number of benzene rings is 8. The third-order valence-corrected chi connectivity index (χ3v) is 11.6. The fraction of sp³-hybridized carbons (Fsp3) is 0. The van der Waals surface area contributed by atoms with Crippen molar-refractivity contribution < 1.29 is 0 Å². The van der Waals surface area contributed by atoms with Crippen LogP contribution in [0.5, 0.6) is 0 Å². The number of hydrogen-bond acceptors (Lipinski definition) is 4. The van der Waals surface area contributed by atoms with Crippen LogP contribution in [-0.4, -0.2) is 40.4 Å². The lowest BCUT2D eigenvalue weighted by molar-refractivity contribution is 1.07. The maximum Gasteiger partial charge on any atom is 0.179 e. The Hall–Kier alpha value is -7.61. The van der Waals surface area contributed by atoms with Gasteiger partial charge in [0.1, 0.15) is 0 Å². The minimum Gasteiger partial charge on any atom is -0.311 e. The molecule has 0 N–H and O–H groups in total. The van der Waals surface area contributed by atoms with E-state index in [4.69, 9.17) is 15.0 Å². The first-order chi connectivity index (χ1) is 29.1. The zero-order valence-electron chi connectivity index (χ0n) is 31.7. The van der Waals surface area contributed by atoms with Gasteiger partial charge in [0, 0.05) is 49.6 Å². The van der Waals surface area contributed by atoms with E-state index in [0.717, 1.165) is 76.5 Å². The van der Waals surface area contributed by atoms with E-state index in [9.17, 15) is 5.26 Å². The van der Waals surface area contributed by atoms with Crippen LogP contribution < -0.4 is 4.43 Å². The molecule has 3 aromatic heterocycles. The molecular formula is C52H31AlN6. The van der Waals surface area contributed by atoms with Crippen molar-refractivity contribution in [1.82, 2.24) is 24.1 Å². The van der Waals surface area contributed by atoms with Gasteiger partial charge in [-0.3, -0.25) is 0 Å². The molecule has 0 aliphatic rings. The Balaban J connectivity index is 1.14. The maximum atomic E-state index is 10.4. The van der Waals surface area contributed by atoms with Gasteiger partial charge in [-0.05, 0) is 77.9 Å². The molecule has 0 spiro atoms. The van der Waals surface area contributed by atoms with Gasteiger partial charge in [-0.2, -0.15) is 5.26 Å². The highest BCUT2D eigenvalue weighted by atomic mass is 27.0. The van der Waals surface area contributed by atoms with Crippen LogP contribution in [0, 0.1) is 11.3 Å². The number of fused-ring (bicyclic) bond motifs is 6. The quantitative estimate of drug-likeness (QED) is 0.158. The molecule has 2 radical (unpaired) electrons. The number of hydrogen-bond donors (Lipinski definition) is 0. The largest absolute Gasteiger partial charge is 0.311 e. The summed E-state index contributed by atoms with van der Waals surface area (Å²) in [5.41, 5.74) is 11.7. The highest BCUT2D eigenvalue weighted by molar-refractivity contribution is 6.35. The summed E-state index contributed by atoms with van der Waals surface area (Å²) in [7, 11) is 0. The number of rotatable bonds is 6. The minimum atomic E-state index is 0.597. The zero-order valence-corrected chi connectivity index (χ0v) is 32.8. The number of nitriles is 1. The van der Waals surface area contributed by atoms with E-state index >= 15 is 0 Å². The second kappa shape index (κ2) is 14.1. The standard InChI is InChI=1S/C52H31N6.Al/c53-33-34-28-39(30-41(29-34)58-46-22-12-10-20-42(46)43-21-11-13-23-47(43)58)37-24-26-48-44(31-37)45-32-38(25-27-49(45)57(48)40-18-8-3-9-19-40)52-55-50(35-14-4-1-5-15-35)54-51(56-52)36-16-6-2-7-17-36;/h1-18,20-32H;. The zero-order chi connectivity index (χ0) is 39.5. The van der Waals surface area contributed by atoms with E-state index in [0.29, 0.717) is 23.0 Å². The maximum absolute atomic E-state index is 10.4. The molecule has 7 heteroatoms. The van der Waals surface area contributed by atoms with Crippen molar-refractivity contribution in [2.45, 2.75) is 0 Å². The van der Waals surface area contributed by atoms with Crippen molar-refractivity contribution in [3.63, 3.8) is 0 Å². The summed E-state index contributed by atoms with van der Waals surface area (Å²) < 4.78 is 5.69. The van der Waals surface area contributed by atoms with E-state index in [1.54, 1.807) is 0 Å². The second-order valence-electron chi connectivity index (χ2n) is 14.6. The predicted molar refractivity (Wildman–Crippen MR) is 240 cm³/mol. The van der Waals surface area contributed by atoms with Crippen LogP contribution in [0.15, 0.2) is 188 Å². The normalized spacial score (nSPS) is 11.4. The van der Waals surface area contributed by atoms with Crippen LogP contribution in [0.2, 0.25) is 0 Å². The van der Waals surface area contributed by atoms with Crippen molar-refractivity contribution in [3.8, 4) is 62.7 Å². The van der Waals surface area contributed by atoms with Gasteiger partial charge in [0.15, 0.2) is 33.8 Å². The van der Waals surface area contributed by atoms with Crippen LogP contribution in [0.25, 0.3) is 100 Å². The van der Waals surface area contributed by atoms with E-state index in [1.807, 2.05) is 72.8 Å². The number of aromatic nitrogens is 5. The van der Waals surface area contributed by atoms with Gasteiger partial charge in [0.2, 0.25) is 0 Å². The first-order valence-electron chi connectivity index (χ1n) is 19.5. The minimum absolute atomic E-state index is 0.597. The molecule has 0 saturated heterocycles. The van der Waals surface area contributed by atoms with Gasteiger partial charge in [-0.15, -0.1) is 4.43 Å². The third-order valence-electron chi connectivity index (χ3n) is 11.1. The lowest BCUT2D eigenvalue weighted by atomic mass is 9.99. The Morgan fingerprint density at radius 3 is 1.47 bits per heavy atom. The molecule has 3 heterocycles. The molecule has 272 valence electrons. The summed E-state index contributed by atoms with van der Waals surface area (Å²) in [4.78, 5) is 15.1. The molecule has 6 nitrogen and oxygen atoms in total.